The fraction of sp³-hybridized carbons (Fsp3) is 0.500. The van der Waals surface area contributed by atoms with Gasteiger partial charge in [-0.05, 0) is 0 Å². The zero-order valence-corrected chi connectivity index (χ0v) is 9.46. The largest absolute Gasteiger partial charge is 1.00 e. The van der Waals surface area contributed by atoms with Gasteiger partial charge in [0, 0.05) is 0 Å². The molecule has 0 aromatic heterocycles. The van der Waals surface area contributed by atoms with Crippen molar-refractivity contribution in [3.05, 3.63) is 0 Å². The number of rotatable bonds is 1. The van der Waals surface area contributed by atoms with Gasteiger partial charge in [0.25, 0.3) is 7.82 Å². The summed E-state index contributed by atoms with van der Waals surface area (Å²) in [5.74, 6) is -0.965. The molecule has 0 aromatic carbocycles. The normalized spacial score (nSPS) is 8.73. The SMILES string of the molecule is O=C(O)CS.O=P([O-])(O)O.[Na+]. The Hall–Kier alpha value is 0.930. The maximum absolute atomic E-state index is 9.29. The van der Waals surface area contributed by atoms with Crippen molar-refractivity contribution >= 4 is 26.4 Å². The van der Waals surface area contributed by atoms with Crippen LogP contribution in [0.1, 0.15) is 0 Å². The number of thiol groups is 1. The average molecular weight is 212 g/mol. The van der Waals surface area contributed by atoms with E-state index in [1.165, 1.54) is 0 Å². The summed E-state index contributed by atoms with van der Waals surface area (Å²) >= 11 is 3.42. The van der Waals surface area contributed by atoms with Crippen molar-refractivity contribution in [3.8, 4) is 0 Å². The third-order valence-electron chi connectivity index (χ3n) is 0.135. The summed E-state index contributed by atoms with van der Waals surface area (Å²) in [5, 5.41) is 7.65. The first kappa shape index (κ1) is 17.9. The molecule has 0 unspecified atom stereocenters. The van der Waals surface area contributed by atoms with Gasteiger partial charge in [0.2, 0.25) is 0 Å². The van der Waals surface area contributed by atoms with E-state index in [0.717, 1.165) is 0 Å². The second-order valence-corrected chi connectivity index (χ2v) is 2.34. The molecular weight excluding hydrogens is 206 g/mol. The fourth-order valence-electron chi connectivity index (χ4n) is 0. The number of aliphatic carboxylic acids is 1. The summed E-state index contributed by atoms with van der Waals surface area (Å²) in [5.41, 5.74) is 0. The van der Waals surface area contributed by atoms with E-state index in [-0.39, 0.29) is 35.3 Å². The maximum atomic E-state index is 9.29. The van der Waals surface area contributed by atoms with Gasteiger partial charge in [-0.3, -0.25) is 9.36 Å². The van der Waals surface area contributed by atoms with Crippen LogP contribution in [0.25, 0.3) is 0 Å². The number of carboxylic acid groups (broad SMARTS) is 1. The predicted molar refractivity (Wildman–Crippen MR) is 33.5 cm³/mol. The van der Waals surface area contributed by atoms with Crippen LogP contribution in [-0.4, -0.2) is 26.6 Å². The minimum atomic E-state index is -4.89. The van der Waals surface area contributed by atoms with Gasteiger partial charge in [0.15, 0.2) is 0 Å². The number of phosphoric acid groups is 1. The molecule has 0 rings (SSSR count). The quantitative estimate of drug-likeness (QED) is 0.197. The van der Waals surface area contributed by atoms with E-state index in [1.54, 1.807) is 0 Å². The maximum Gasteiger partial charge on any atom is 1.00 e. The van der Waals surface area contributed by atoms with Crippen molar-refractivity contribution in [2.24, 2.45) is 0 Å². The molecule has 6 nitrogen and oxygen atoms in total. The van der Waals surface area contributed by atoms with Crippen LogP contribution in [0.5, 0.6) is 0 Å². The first-order valence-electron chi connectivity index (χ1n) is 1.86. The van der Waals surface area contributed by atoms with Crippen LogP contribution in [0.2, 0.25) is 0 Å². The van der Waals surface area contributed by atoms with Gasteiger partial charge < -0.3 is 19.8 Å². The summed E-state index contributed by atoms with van der Waals surface area (Å²) in [6, 6.07) is 0. The zero-order chi connectivity index (χ0) is 8.78. The number of hydrogen-bond acceptors (Lipinski definition) is 4. The first-order chi connectivity index (χ1) is 4.27. The van der Waals surface area contributed by atoms with Crippen LogP contribution in [0.3, 0.4) is 0 Å². The Morgan fingerprint density at radius 3 is 1.64 bits per heavy atom. The molecule has 0 atom stereocenters. The van der Waals surface area contributed by atoms with E-state index in [1.807, 2.05) is 0 Å². The van der Waals surface area contributed by atoms with Crippen LogP contribution in [-0.2, 0) is 9.36 Å². The Labute approximate surface area is 90.6 Å². The average Bonchev–Trinajstić information content (AvgIpc) is 1.61. The molecule has 0 saturated heterocycles. The molecule has 0 radical (unpaired) electrons. The van der Waals surface area contributed by atoms with E-state index in [2.05, 4.69) is 12.6 Å². The van der Waals surface area contributed by atoms with Gasteiger partial charge in [-0.1, -0.05) is 0 Å². The van der Waals surface area contributed by atoms with Crippen LogP contribution >= 0.6 is 20.5 Å². The topological polar surface area (TPSA) is 118 Å². The van der Waals surface area contributed by atoms with Gasteiger partial charge in [0.1, 0.15) is 0 Å². The van der Waals surface area contributed by atoms with Crippen LogP contribution in [0.15, 0.2) is 0 Å². The van der Waals surface area contributed by atoms with Gasteiger partial charge in [-0.25, -0.2) is 0 Å². The third-order valence-corrected chi connectivity index (χ3v) is 0.406. The Morgan fingerprint density at radius 2 is 1.64 bits per heavy atom. The van der Waals surface area contributed by atoms with E-state index < -0.39 is 13.8 Å². The Bertz CT molecular complexity index is 135. The Morgan fingerprint density at radius 1 is 1.55 bits per heavy atom. The number of carbonyl (C=O) groups is 1. The monoisotopic (exact) mass is 212 g/mol. The fourth-order valence-corrected chi connectivity index (χ4v) is 0. The number of hydrogen-bond donors (Lipinski definition) is 4. The van der Waals surface area contributed by atoms with Crippen molar-refractivity contribution < 1.29 is 58.7 Å². The summed E-state index contributed by atoms with van der Waals surface area (Å²) < 4.78 is 8.77. The minimum absolute atomic E-state index is 0. The standard InChI is InChI=1S/C2H4O2S.Na.H3O4P/c3-2(4)1-5;;1-5(2,3)4/h5H,1H2,(H,3,4);;(H3,1,2,3,4)/q;+1;/p-1. The zero-order valence-electron chi connectivity index (χ0n) is 5.67. The summed E-state index contributed by atoms with van der Waals surface area (Å²) in [7, 11) is -4.89. The van der Waals surface area contributed by atoms with Crippen molar-refractivity contribution in [2.75, 3.05) is 5.75 Å². The van der Waals surface area contributed by atoms with Crippen molar-refractivity contribution in [1.29, 1.82) is 0 Å². The molecule has 0 amide bonds. The first-order valence-corrected chi connectivity index (χ1v) is 4.03. The van der Waals surface area contributed by atoms with Crippen LogP contribution in [0, 0.1) is 0 Å². The summed E-state index contributed by atoms with van der Waals surface area (Å²) in [6.07, 6.45) is 0. The van der Waals surface area contributed by atoms with E-state index >= 15 is 0 Å². The van der Waals surface area contributed by atoms with Gasteiger partial charge >= 0.3 is 35.5 Å². The van der Waals surface area contributed by atoms with Crippen molar-refractivity contribution in [1.82, 2.24) is 0 Å². The van der Waals surface area contributed by atoms with Crippen LogP contribution in [0.4, 0.5) is 0 Å². The summed E-state index contributed by atoms with van der Waals surface area (Å²) in [4.78, 5) is 32.2. The second-order valence-electron chi connectivity index (χ2n) is 1.04. The van der Waals surface area contributed by atoms with E-state index in [4.69, 9.17) is 24.4 Å². The van der Waals surface area contributed by atoms with Crippen molar-refractivity contribution in [3.63, 3.8) is 0 Å². The molecule has 3 N–H and O–H groups in total. The van der Waals surface area contributed by atoms with Crippen LogP contribution < -0.4 is 34.5 Å². The molecule has 0 bridgehead atoms. The third kappa shape index (κ3) is 102. The van der Waals surface area contributed by atoms with Gasteiger partial charge in [0.05, 0.1) is 5.75 Å². The molecule has 0 aromatic rings. The Balaban J connectivity index is -0.000000107. The molecule has 0 heterocycles. The van der Waals surface area contributed by atoms with E-state index in [9.17, 15) is 4.79 Å². The van der Waals surface area contributed by atoms with Gasteiger partial charge in [-0.15, -0.1) is 0 Å². The molecular formula is C2H6NaO6PS. The molecule has 62 valence electrons. The molecule has 9 heteroatoms. The molecule has 0 saturated carbocycles. The molecule has 0 aliphatic heterocycles. The van der Waals surface area contributed by atoms with Crippen molar-refractivity contribution in [2.45, 2.75) is 0 Å². The molecule has 0 spiro atoms. The number of carboxylic acids is 1. The molecule has 0 aliphatic carbocycles. The van der Waals surface area contributed by atoms with Gasteiger partial charge in [-0.2, -0.15) is 12.6 Å². The summed E-state index contributed by atoms with van der Waals surface area (Å²) in [6.45, 7) is 0. The smallest absolute Gasteiger partial charge is 0.756 e. The van der Waals surface area contributed by atoms with E-state index in [0.29, 0.717) is 0 Å². The Kier molecular flexibility index (Phi) is 14.7. The minimum Gasteiger partial charge on any atom is -0.756 e. The molecule has 0 aliphatic rings. The predicted octanol–water partition coefficient (Wildman–Crippen LogP) is -4.56. The molecule has 11 heavy (non-hydrogen) atoms. The second kappa shape index (κ2) is 9.02. The molecule has 0 fully saturated rings.